The molecule has 0 saturated heterocycles. The molecule has 0 spiro atoms. The van der Waals surface area contributed by atoms with E-state index >= 15 is 0 Å². The number of rotatable bonds is 9. The summed E-state index contributed by atoms with van der Waals surface area (Å²) >= 11 is 10.7. The molecule has 0 fully saturated rings. The van der Waals surface area contributed by atoms with Crippen LogP contribution in [0.25, 0.3) is 6.08 Å². The zero-order valence-corrected chi connectivity index (χ0v) is 23.6. The number of carbonyl (C=O) groups excluding carboxylic acids is 3. The Morgan fingerprint density at radius 1 is 0.821 bits per heavy atom. The molecular weight excluding hydrogens is 598 g/mol. The summed E-state index contributed by atoms with van der Waals surface area (Å²) in [4.78, 5) is 39.3. The highest BCUT2D eigenvalue weighted by molar-refractivity contribution is 9.10. The Labute approximate surface area is 244 Å². The Hall–Kier alpha value is -3.85. The zero-order chi connectivity index (χ0) is 27.6. The number of anilines is 2. The van der Waals surface area contributed by atoms with Crippen molar-refractivity contribution < 1.29 is 14.4 Å². The number of hydrogen-bond acceptors (Lipinski definition) is 4. The normalized spacial score (nSPS) is 11.0. The highest BCUT2D eigenvalue weighted by Crippen LogP contribution is 2.24. The third-order valence-electron chi connectivity index (χ3n) is 5.32. The fourth-order valence-corrected chi connectivity index (χ4v) is 4.69. The quantitative estimate of drug-likeness (QED) is 0.136. The van der Waals surface area contributed by atoms with Crippen LogP contribution in [0.5, 0.6) is 0 Å². The third kappa shape index (κ3) is 8.58. The molecule has 4 aromatic carbocycles. The summed E-state index contributed by atoms with van der Waals surface area (Å²) in [6, 6.07) is 30.1. The average Bonchev–Trinajstić information content (AvgIpc) is 2.94. The minimum Gasteiger partial charge on any atom is -0.324 e. The fourth-order valence-electron chi connectivity index (χ4n) is 3.43. The Bertz CT molecular complexity index is 1510. The maximum Gasteiger partial charge on any atom is 0.272 e. The van der Waals surface area contributed by atoms with E-state index in [4.69, 9.17) is 11.6 Å². The van der Waals surface area contributed by atoms with E-state index in [0.29, 0.717) is 27.5 Å². The Morgan fingerprint density at radius 3 is 2.28 bits per heavy atom. The standard InChI is InChI=1S/C30H23BrClN3O3S/c31-25-11-4-5-12-26(25)34-28(36)19-39-24-10-6-9-23(18-24)33-30(38)27(17-20-13-15-22(32)16-14-20)35-29(37)21-7-2-1-3-8-21/h1-18H,19H2,(H,33,38)(H,34,36)(H,35,37)/b27-17-. The largest absolute Gasteiger partial charge is 0.324 e. The van der Waals surface area contributed by atoms with Crippen LogP contribution < -0.4 is 16.0 Å². The van der Waals surface area contributed by atoms with Gasteiger partial charge in [-0.15, -0.1) is 11.8 Å². The minimum atomic E-state index is -0.497. The van der Waals surface area contributed by atoms with Crippen molar-refractivity contribution >= 4 is 74.5 Å². The van der Waals surface area contributed by atoms with Gasteiger partial charge in [0, 0.05) is 25.6 Å². The molecule has 0 heterocycles. The summed E-state index contributed by atoms with van der Waals surface area (Å²) in [5, 5.41) is 8.98. The van der Waals surface area contributed by atoms with E-state index in [1.165, 1.54) is 11.8 Å². The van der Waals surface area contributed by atoms with Crippen molar-refractivity contribution in [3.8, 4) is 0 Å². The lowest BCUT2D eigenvalue weighted by atomic mass is 10.1. The summed E-state index contributed by atoms with van der Waals surface area (Å²) in [5.74, 6) is -0.874. The summed E-state index contributed by atoms with van der Waals surface area (Å²) in [7, 11) is 0. The van der Waals surface area contributed by atoms with Gasteiger partial charge in [0.2, 0.25) is 5.91 Å². The van der Waals surface area contributed by atoms with Crippen LogP contribution in [0.1, 0.15) is 15.9 Å². The summed E-state index contributed by atoms with van der Waals surface area (Å²) in [6.07, 6.45) is 1.58. The minimum absolute atomic E-state index is 0.0667. The lowest BCUT2D eigenvalue weighted by Crippen LogP contribution is -2.30. The topological polar surface area (TPSA) is 87.3 Å². The zero-order valence-electron chi connectivity index (χ0n) is 20.5. The van der Waals surface area contributed by atoms with Crippen LogP contribution in [0.2, 0.25) is 5.02 Å². The van der Waals surface area contributed by atoms with Crippen molar-refractivity contribution in [2.45, 2.75) is 4.90 Å². The molecule has 0 bridgehead atoms. The SMILES string of the molecule is O=C(CSc1cccc(NC(=O)/C(=C/c2ccc(Cl)cc2)NC(=O)c2ccccc2)c1)Nc1ccccc1Br. The van der Waals surface area contributed by atoms with E-state index in [-0.39, 0.29) is 17.4 Å². The van der Waals surface area contributed by atoms with Gasteiger partial charge in [-0.2, -0.15) is 0 Å². The highest BCUT2D eigenvalue weighted by atomic mass is 79.9. The number of hydrogen-bond donors (Lipinski definition) is 3. The van der Waals surface area contributed by atoms with Gasteiger partial charge in [0.1, 0.15) is 5.70 Å². The third-order valence-corrected chi connectivity index (χ3v) is 7.26. The molecule has 4 rings (SSSR count). The molecule has 0 aliphatic heterocycles. The van der Waals surface area contributed by atoms with Gasteiger partial charge in [-0.05, 0) is 82.2 Å². The molecular formula is C30H23BrClN3O3S. The molecule has 0 atom stereocenters. The second-order valence-corrected chi connectivity index (χ2v) is 10.6. The van der Waals surface area contributed by atoms with E-state index < -0.39 is 11.8 Å². The maximum atomic E-state index is 13.3. The van der Waals surface area contributed by atoms with E-state index in [0.717, 1.165) is 9.37 Å². The average molecular weight is 621 g/mol. The van der Waals surface area contributed by atoms with Gasteiger partial charge in [-0.1, -0.05) is 60.1 Å². The first kappa shape index (κ1) is 28.2. The maximum absolute atomic E-state index is 13.3. The molecule has 3 amide bonds. The van der Waals surface area contributed by atoms with Gasteiger partial charge in [-0.25, -0.2) is 0 Å². The molecule has 39 heavy (non-hydrogen) atoms. The summed E-state index contributed by atoms with van der Waals surface area (Å²) in [6.45, 7) is 0. The van der Waals surface area contributed by atoms with E-state index in [1.54, 1.807) is 72.8 Å². The number of halogens is 2. The second-order valence-electron chi connectivity index (χ2n) is 8.23. The van der Waals surface area contributed by atoms with Crippen molar-refractivity contribution in [2.24, 2.45) is 0 Å². The lowest BCUT2D eigenvalue weighted by Gasteiger charge is -2.12. The van der Waals surface area contributed by atoms with Crippen LogP contribution in [0.3, 0.4) is 0 Å². The van der Waals surface area contributed by atoms with Crippen molar-refractivity contribution in [3.63, 3.8) is 0 Å². The van der Waals surface area contributed by atoms with E-state index in [9.17, 15) is 14.4 Å². The Morgan fingerprint density at radius 2 is 1.54 bits per heavy atom. The van der Waals surface area contributed by atoms with Crippen LogP contribution >= 0.6 is 39.3 Å². The summed E-state index contributed by atoms with van der Waals surface area (Å²) < 4.78 is 0.801. The highest BCUT2D eigenvalue weighted by Gasteiger charge is 2.15. The van der Waals surface area contributed by atoms with Gasteiger partial charge in [-0.3, -0.25) is 14.4 Å². The monoisotopic (exact) mass is 619 g/mol. The van der Waals surface area contributed by atoms with Gasteiger partial charge in [0.25, 0.3) is 11.8 Å². The number of nitrogens with one attached hydrogen (secondary N) is 3. The molecule has 9 heteroatoms. The molecule has 0 radical (unpaired) electrons. The first-order valence-electron chi connectivity index (χ1n) is 11.8. The van der Waals surface area contributed by atoms with Crippen LogP contribution in [0, 0.1) is 0 Å². The van der Waals surface area contributed by atoms with Crippen LogP contribution in [0.4, 0.5) is 11.4 Å². The smallest absolute Gasteiger partial charge is 0.272 e. The van der Waals surface area contributed by atoms with Crippen molar-refractivity contribution in [1.82, 2.24) is 5.32 Å². The van der Waals surface area contributed by atoms with Gasteiger partial charge in [0.05, 0.1) is 11.4 Å². The Balaban J connectivity index is 1.45. The molecule has 3 N–H and O–H groups in total. The number of amides is 3. The van der Waals surface area contributed by atoms with Crippen molar-refractivity contribution in [2.75, 3.05) is 16.4 Å². The second kappa shape index (κ2) is 13.8. The predicted octanol–water partition coefficient (Wildman–Crippen LogP) is 7.24. The number of para-hydroxylation sites is 1. The van der Waals surface area contributed by atoms with Crippen molar-refractivity contribution in [3.05, 3.63) is 129 Å². The van der Waals surface area contributed by atoms with Crippen LogP contribution in [-0.4, -0.2) is 23.5 Å². The molecule has 0 aromatic heterocycles. The van der Waals surface area contributed by atoms with E-state index in [2.05, 4.69) is 31.9 Å². The predicted molar refractivity (Wildman–Crippen MR) is 162 cm³/mol. The first-order chi connectivity index (χ1) is 18.9. The summed E-state index contributed by atoms with van der Waals surface area (Å²) in [5.41, 5.74) is 2.40. The number of benzene rings is 4. The molecule has 196 valence electrons. The number of carbonyl (C=O) groups is 3. The molecule has 6 nitrogen and oxygen atoms in total. The molecule has 0 saturated carbocycles. The molecule has 0 aliphatic rings. The van der Waals surface area contributed by atoms with Gasteiger partial charge >= 0.3 is 0 Å². The van der Waals surface area contributed by atoms with Crippen molar-refractivity contribution in [1.29, 1.82) is 0 Å². The Kier molecular flexibility index (Phi) is 9.97. The fraction of sp³-hybridized carbons (Fsp3) is 0.0333. The molecule has 0 aliphatic carbocycles. The van der Waals surface area contributed by atoms with E-state index in [1.807, 2.05) is 36.4 Å². The van der Waals surface area contributed by atoms with Gasteiger partial charge < -0.3 is 16.0 Å². The molecule has 4 aromatic rings. The first-order valence-corrected chi connectivity index (χ1v) is 14.0. The van der Waals surface area contributed by atoms with Gasteiger partial charge in [0.15, 0.2) is 0 Å². The lowest BCUT2D eigenvalue weighted by molar-refractivity contribution is -0.114. The van der Waals surface area contributed by atoms with Crippen LogP contribution in [0.15, 0.2) is 118 Å². The molecule has 0 unspecified atom stereocenters. The number of thioether (sulfide) groups is 1. The van der Waals surface area contributed by atoms with Crippen LogP contribution in [-0.2, 0) is 9.59 Å².